The first-order valence-corrected chi connectivity index (χ1v) is 6.08. The summed E-state index contributed by atoms with van der Waals surface area (Å²) in [7, 11) is 2.94. The summed E-state index contributed by atoms with van der Waals surface area (Å²) in [4.78, 5) is 22.4. The van der Waals surface area contributed by atoms with Gasteiger partial charge in [0.25, 0.3) is 0 Å². The average Bonchev–Trinajstić information content (AvgIpc) is 2.44. The molecule has 21 heavy (non-hydrogen) atoms. The predicted molar refractivity (Wildman–Crippen MR) is 75.3 cm³/mol. The first-order valence-electron chi connectivity index (χ1n) is 6.08. The number of carbonyl (C=O) groups is 2. The van der Waals surface area contributed by atoms with E-state index in [1.165, 1.54) is 33.3 Å². The third kappa shape index (κ3) is 2.74. The van der Waals surface area contributed by atoms with Gasteiger partial charge in [-0.3, -0.25) is 4.79 Å². The highest BCUT2D eigenvalue weighted by Crippen LogP contribution is 2.40. The number of fused-ring (bicyclic) bond motifs is 1. The van der Waals surface area contributed by atoms with E-state index in [1.54, 1.807) is 12.1 Å². The minimum atomic E-state index is -1.13. The van der Waals surface area contributed by atoms with Crippen LogP contribution in [0.5, 0.6) is 17.2 Å². The van der Waals surface area contributed by atoms with E-state index in [2.05, 4.69) is 0 Å². The maximum atomic E-state index is 11.2. The maximum Gasteiger partial charge on any atom is 0.335 e. The number of carboxylic acid groups (broad SMARTS) is 1. The van der Waals surface area contributed by atoms with Crippen molar-refractivity contribution in [2.24, 2.45) is 0 Å². The van der Waals surface area contributed by atoms with Crippen molar-refractivity contribution in [2.45, 2.75) is 6.92 Å². The number of methoxy groups -OCH3 is 2. The lowest BCUT2D eigenvalue weighted by atomic mass is 10.0. The monoisotopic (exact) mass is 290 g/mol. The molecule has 0 amide bonds. The second-order valence-corrected chi connectivity index (χ2v) is 4.27. The number of hydrogen-bond donors (Lipinski definition) is 1. The number of rotatable bonds is 4. The normalized spacial score (nSPS) is 10.2. The van der Waals surface area contributed by atoms with Crippen molar-refractivity contribution in [2.75, 3.05) is 14.2 Å². The molecular formula is C15H14O6. The molecule has 1 N–H and O–H groups in total. The topological polar surface area (TPSA) is 82.1 Å². The quantitative estimate of drug-likeness (QED) is 0.688. The highest BCUT2D eigenvalue weighted by molar-refractivity contribution is 6.02. The first-order chi connectivity index (χ1) is 9.97. The number of hydrogen-bond acceptors (Lipinski definition) is 5. The Hall–Kier alpha value is -2.76. The molecule has 0 bridgehead atoms. The van der Waals surface area contributed by atoms with Crippen molar-refractivity contribution < 1.29 is 28.9 Å². The molecule has 0 heterocycles. The Labute approximate surface area is 120 Å². The van der Waals surface area contributed by atoms with Crippen LogP contribution in [0.3, 0.4) is 0 Å². The number of ether oxygens (including phenoxy) is 3. The van der Waals surface area contributed by atoms with Gasteiger partial charge in [0, 0.05) is 17.7 Å². The lowest BCUT2D eigenvalue weighted by molar-refractivity contribution is -0.131. The van der Waals surface area contributed by atoms with Crippen molar-refractivity contribution in [3.63, 3.8) is 0 Å². The van der Waals surface area contributed by atoms with E-state index < -0.39 is 11.9 Å². The third-order valence-electron chi connectivity index (χ3n) is 2.94. The zero-order valence-corrected chi connectivity index (χ0v) is 11.8. The number of carboxylic acids is 1. The van der Waals surface area contributed by atoms with E-state index >= 15 is 0 Å². The Morgan fingerprint density at radius 2 is 1.71 bits per heavy atom. The predicted octanol–water partition coefficient (Wildman–Crippen LogP) is 2.48. The summed E-state index contributed by atoms with van der Waals surface area (Å²) in [6.07, 6.45) is 0. The number of benzene rings is 2. The van der Waals surface area contributed by atoms with Gasteiger partial charge in [-0.15, -0.1) is 0 Å². The van der Waals surface area contributed by atoms with Gasteiger partial charge in [-0.05, 0) is 24.3 Å². The van der Waals surface area contributed by atoms with Gasteiger partial charge in [0.05, 0.1) is 19.8 Å². The summed E-state index contributed by atoms with van der Waals surface area (Å²) in [6, 6.07) is 6.10. The van der Waals surface area contributed by atoms with Gasteiger partial charge < -0.3 is 19.3 Å². The van der Waals surface area contributed by atoms with Crippen LogP contribution in [-0.2, 0) is 4.79 Å². The van der Waals surface area contributed by atoms with Gasteiger partial charge in [0.1, 0.15) is 5.75 Å². The SMILES string of the molecule is COc1ccc2c(OC(C)=O)cc(C(=O)O)cc2c1OC. The van der Waals surface area contributed by atoms with Crippen molar-refractivity contribution in [1.82, 2.24) is 0 Å². The lowest BCUT2D eigenvalue weighted by Gasteiger charge is -2.13. The Morgan fingerprint density at radius 3 is 2.24 bits per heavy atom. The van der Waals surface area contributed by atoms with Crippen LogP contribution in [0.2, 0.25) is 0 Å². The maximum absolute atomic E-state index is 11.2. The molecule has 2 aromatic rings. The summed E-state index contributed by atoms with van der Waals surface area (Å²) in [6.45, 7) is 1.25. The van der Waals surface area contributed by atoms with E-state index in [-0.39, 0.29) is 11.3 Å². The Morgan fingerprint density at radius 1 is 1.00 bits per heavy atom. The van der Waals surface area contributed by atoms with Crippen LogP contribution in [0.15, 0.2) is 24.3 Å². The van der Waals surface area contributed by atoms with Crippen LogP contribution in [0.1, 0.15) is 17.3 Å². The number of aromatic carboxylic acids is 1. The molecule has 2 rings (SSSR count). The van der Waals surface area contributed by atoms with Crippen LogP contribution in [0.4, 0.5) is 0 Å². The van der Waals surface area contributed by atoms with E-state index in [1.807, 2.05) is 0 Å². The van der Waals surface area contributed by atoms with Crippen LogP contribution in [0.25, 0.3) is 10.8 Å². The zero-order valence-electron chi connectivity index (χ0n) is 11.8. The van der Waals surface area contributed by atoms with E-state index in [0.29, 0.717) is 22.3 Å². The molecule has 110 valence electrons. The van der Waals surface area contributed by atoms with Crippen LogP contribution < -0.4 is 14.2 Å². The highest BCUT2D eigenvalue weighted by atomic mass is 16.5. The van der Waals surface area contributed by atoms with Gasteiger partial charge in [-0.1, -0.05) is 0 Å². The summed E-state index contributed by atoms with van der Waals surface area (Å²) < 4.78 is 15.6. The van der Waals surface area contributed by atoms with Crippen LogP contribution in [0, 0.1) is 0 Å². The van der Waals surface area contributed by atoms with Crippen LogP contribution in [-0.4, -0.2) is 31.3 Å². The smallest absolute Gasteiger partial charge is 0.335 e. The average molecular weight is 290 g/mol. The molecule has 6 nitrogen and oxygen atoms in total. The van der Waals surface area contributed by atoms with Gasteiger partial charge in [0.2, 0.25) is 0 Å². The van der Waals surface area contributed by atoms with E-state index in [9.17, 15) is 14.7 Å². The van der Waals surface area contributed by atoms with Crippen molar-refractivity contribution in [3.8, 4) is 17.2 Å². The Bertz CT molecular complexity index is 720. The molecule has 0 fully saturated rings. The standard InChI is InChI=1S/C15H14O6/c1-8(16)21-13-7-9(15(17)18)6-11-10(13)4-5-12(19-2)14(11)20-3/h4-7H,1-3H3,(H,17,18). The third-order valence-corrected chi connectivity index (χ3v) is 2.94. The van der Waals surface area contributed by atoms with Gasteiger partial charge >= 0.3 is 11.9 Å². The fourth-order valence-electron chi connectivity index (χ4n) is 2.09. The van der Waals surface area contributed by atoms with Crippen molar-refractivity contribution in [1.29, 1.82) is 0 Å². The van der Waals surface area contributed by atoms with E-state index in [0.717, 1.165) is 0 Å². The molecule has 0 saturated carbocycles. The van der Waals surface area contributed by atoms with Crippen molar-refractivity contribution >= 4 is 22.7 Å². The van der Waals surface area contributed by atoms with Crippen LogP contribution >= 0.6 is 0 Å². The molecule has 0 aliphatic heterocycles. The molecule has 0 aliphatic carbocycles. The summed E-state index contributed by atoms with van der Waals surface area (Å²) in [5.41, 5.74) is -0.00898. The summed E-state index contributed by atoms with van der Waals surface area (Å²) >= 11 is 0. The van der Waals surface area contributed by atoms with Gasteiger partial charge in [-0.2, -0.15) is 0 Å². The highest BCUT2D eigenvalue weighted by Gasteiger charge is 2.17. The van der Waals surface area contributed by atoms with Gasteiger partial charge in [0.15, 0.2) is 11.5 Å². The molecule has 0 saturated heterocycles. The molecule has 0 spiro atoms. The largest absolute Gasteiger partial charge is 0.493 e. The van der Waals surface area contributed by atoms with Crippen molar-refractivity contribution in [3.05, 3.63) is 29.8 Å². The Balaban J connectivity index is 2.83. The minimum Gasteiger partial charge on any atom is -0.493 e. The van der Waals surface area contributed by atoms with Gasteiger partial charge in [-0.25, -0.2) is 4.79 Å². The second-order valence-electron chi connectivity index (χ2n) is 4.27. The Kier molecular flexibility index (Phi) is 3.98. The number of carbonyl (C=O) groups excluding carboxylic acids is 1. The lowest BCUT2D eigenvalue weighted by Crippen LogP contribution is -2.05. The molecule has 2 aromatic carbocycles. The second kappa shape index (κ2) is 5.70. The molecule has 6 heteroatoms. The summed E-state index contributed by atoms with van der Waals surface area (Å²) in [5, 5.41) is 10.2. The molecule has 0 radical (unpaired) electrons. The molecular weight excluding hydrogens is 276 g/mol. The molecule has 0 aliphatic rings. The summed E-state index contributed by atoms with van der Waals surface area (Å²) in [5.74, 6) is -0.657. The zero-order chi connectivity index (χ0) is 15.6. The number of esters is 1. The fourth-order valence-corrected chi connectivity index (χ4v) is 2.09. The molecule has 0 aromatic heterocycles. The fraction of sp³-hybridized carbons (Fsp3) is 0.200. The minimum absolute atomic E-state index is 0.00898. The molecule has 0 atom stereocenters. The molecule has 0 unspecified atom stereocenters. The first kappa shape index (κ1) is 14.6. The van der Waals surface area contributed by atoms with E-state index in [4.69, 9.17) is 14.2 Å².